The summed E-state index contributed by atoms with van der Waals surface area (Å²) in [5.74, 6) is 0.323. The molecule has 3 aromatic rings. The summed E-state index contributed by atoms with van der Waals surface area (Å²) in [6, 6.07) is 14.4. The minimum Gasteiger partial charge on any atom is -0.337 e. The Morgan fingerprint density at radius 3 is 2.41 bits per heavy atom. The number of nitrogens with zero attached hydrogens (tertiary/aromatic N) is 3. The summed E-state index contributed by atoms with van der Waals surface area (Å²) in [4.78, 5) is 32.2. The van der Waals surface area contributed by atoms with Gasteiger partial charge in [0.15, 0.2) is 5.69 Å². The number of carbonyl (C=O) groups is 1. The quantitative estimate of drug-likeness (QED) is 0.687. The van der Waals surface area contributed by atoms with Crippen molar-refractivity contribution >= 4 is 16.9 Å². The number of likely N-dealkylation sites (tertiary alicyclic amines) is 1. The van der Waals surface area contributed by atoms with Gasteiger partial charge in [0, 0.05) is 20.1 Å². The van der Waals surface area contributed by atoms with E-state index < -0.39 is 0 Å². The van der Waals surface area contributed by atoms with Gasteiger partial charge >= 0.3 is 0 Å². The molecule has 0 saturated carbocycles. The van der Waals surface area contributed by atoms with Gasteiger partial charge in [-0.1, -0.05) is 30.3 Å². The predicted octanol–water partition coefficient (Wildman–Crippen LogP) is 3.65. The Labute approximate surface area is 171 Å². The molecule has 2 aromatic carbocycles. The van der Waals surface area contributed by atoms with E-state index in [1.807, 2.05) is 32.0 Å². The van der Waals surface area contributed by atoms with Crippen LogP contribution in [-0.2, 0) is 13.5 Å². The highest BCUT2D eigenvalue weighted by atomic mass is 16.2. The minimum absolute atomic E-state index is 0.0322. The first kappa shape index (κ1) is 19.4. The number of hydrogen-bond acceptors (Lipinski definition) is 3. The molecule has 1 aliphatic rings. The number of fused-ring (bicyclic) bond motifs is 1. The predicted molar refractivity (Wildman–Crippen MR) is 115 cm³/mol. The molecule has 0 aliphatic carbocycles. The lowest BCUT2D eigenvalue weighted by Gasteiger charge is -2.31. The van der Waals surface area contributed by atoms with E-state index in [1.54, 1.807) is 16.5 Å². The van der Waals surface area contributed by atoms with E-state index in [0.29, 0.717) is 24.5 Å². The van der Waals surface area contributed by atoms with Crippen molar-refractivity contribution in [1.82, 2.24) is 14.5 Å². The van der Waals surface area contributed by atoms with E-state index in [1.165, 1.54) is 5.56 Å². The highest BCUT2D eigenvalue weighted by molar-refractivity contribution is 5.94. The molecular formula is C24H27N3O2. The molecule has 1 aliphatic heterocycles. The third-order valence-corrected chi connectivity index (χ3v) is 6.16. The molecule has 150 valence electrons. The van der Waals surface area contributed by atoms with Crippen molar-refractivity contribution in [2.45, 2.75) is 33.1 Å². The van der Waals surface area contributed by atoms with Crippen LogP contribution >= 0.6 is 0 Å². The Bertz CT molecular complexity index is 1110. The first-order chi connectivity index (χ1) is 13.9. The molecule has 4 rings (SSSR count). The fraction of sp³-hybridized carbons (Fsp3) is 0.375. The SMILES string of the molecule is Cc1cc2nc(C(=O)N3CCC(Cc4ccccc4)CC3)c(=O)n(C)c2cc1C. The summed E-state index contributed by atoms with van der Waals surface area (Å²) < 4.78 is 1.55. The van der Waals surface area contributed by atoms with E-state index in [4.69, 9.17) is 0 Å². The molecule has 5 heteroatoms. The highest BCUT2D eigenvalue weighted by Gasteiger charge is 2.27. The monoisotopic (exact) mass is 389 g/mol. The van der Waals surface area contributed by atoms with Crippen LogP contribution in [0.15, 0.2) is 47.3 Å². The summed E-state index contributed by atoms with van der Waals surface area (Å²) in [6.45, 7) is 5.37. The van der Waals surface area contributed by atoms with Crippen molar-refractivity contribution in [3.05, 3.63) is 75.2 Å². The van der Waals surface area contributed by atoms with Gasteiger partial charge in [-0.25, -0.2) is 4.98 Å². The first-order valence-corrected chi connectivity index (χ1v) is 10.2. The van der Waals surface area contributed by atoms with Crippen molar-refractivity contribution in [2.75, 3.05) is 13.1 Å². The average molecular weight is 389 g/mol. The van der Waals surface area contributed by atoms with Gasteiger partial charge in [0.25, 0.3) is 11.5 Å². The number of benzene rings is 2. The molecule has 0 N–H and O–H groups in total. The molecule has 0 atom stereocenters. The van der Waals surface area contributed by atoms with Crippen molar-refractivity contribution < 1.29 is 4.79 Å². The zero-order chi connectivity index (χ0) is 20.5. The second kappa shape index (κ2) is 7.82. The first-order valence-electron chi connectivity index (χ1n) is 10.2. The number of piperidine rings is 1. The normalized spacial score (nSPS) is 15.1. The third-order valence-electron chi connectivity index (χ3n) is 6.16. The van der Waals surface area contributed by atoms with Gasteiger partial charge in [-0.3, -0.25) is 9.59 Å². The van der Waals surface area contributed by atoms with Crippen LogP contribution in [0, 0.1) is 19.8 Å². The molecule has 1 aromatic heterocycles. The molecule has 29 heavy (non-hydrogen) atoms. The summed E-state index contributed by atoms with van der Waals surface area (Å²) in [6.07, 6.45) is 2.94. The Morgan fingerprint density at radius 1 is 1.07 bits per heavy atom. The topological polar surface area (TPSA) is 55.2 Å². The number of amides is 1. The van der Waals surface area contributed by atoms with Crippen molar-refractivity contribution in [3.8, 4) is 0 Å². The van der Waals surface area contributed by atoms with Crippen LogP contribution in [0.3, 0.4) is 0 Å². The smallest absolute Gasteiger partial charge is 0.282 e. The van der Waals surface area contributed by atoms with Gasteiger partial charge in [0.05, 0.1) is 11.0 Å². The van der Waals surface area contributed by atoms with E-state index >= 15 is 0 Å². The molecule has 5 nitrogen and oxygen atoms in total. The fourth-order valence-corrected chi connectivity index (χ4v) is 4.16. The summed E-state index contributed by atoms with van der Waals surface area (Å²) in [7, 11) is 1.71. The van der Waals surface area contributed by atoms with Gasteiger partial charge in [0.1, 0.15) is 0 Å². The molecule has 2 heterocycles. The molecule has 0 radical (unpaired) electrons. The van der Waals surface area contributed by atoms with Gasteiger partial charge in [-0.2, -0.15) is 0 Å². The van der Waals surface area contributed by atoms with Gasteiger partial charge in [-0.05, 0) is 67.9 Å². The maximum absolute atomic E-state index is 13.1. The number of carbonyl (C=O) groups excluding carboxylic acids is 1. The second-order valence-corrected chi connectivity index (χ2v) is 8.18. The van der Waals surface area contributed by atoms with Crippen LogP contribution in [-0.4, -0.2) is 33.4 Å². The molecule has 1 saturated heterocycles. The Hall–Kier alpha value is -2.95. The van der Waals surface area contributed by atoms with E-state index in [9.17, 15) is 9.59 Å². The third kappa shape index (κ3) is 3.82. The maximum atomic E-state index is 13.1. The average Bonchev–Trinajstić information content (AvgIpc) is 2.73. The van der Waals surface area contributed by atoms with Crippen LogP contribution in [0.25, 0.3) is 11.0 Å². The van der Waals surface area contributed by atoms with E-state index in [-0.39, 0.29) is 17.2 Å². The minimum atomic E-state index is -0.322. The zero-order valence-corrected chi connectivity index (χ0v) is 17.3. The molecule has 1 amide bonds. The molecular weight excluding hydrogens is 362 g/mol. The molecule has 0 unspecified atom stereocenters. The number of rotatable bonds is 3. The zero-order valence-electron chi connectivity index (χ0n) is 17.3. The summed E-state index contributed by atoms with van der Waals surface area (Å²) >= 11 is 0. The maximum Gasteiger partial charge on any atom is 0.282 e. The Kier molecular flexibility index (Phi) is 5.22. The van der Waals surface area contributed by atoms with Crippen molar-refractivity contribution in [3.63, 3.8) is 0 Å². The lowest BCUT2D eigenvalue weighted by molar-refractivity contribution is 0.0682. The highest BCUT2D eigenvalue weighted by Crippen LogP contribution is 2.23. The van der Waals surface area contributed by atoms with E-state index in [0.717, 1.165) is 35.9 Å². The second-order valence-electron chi connectivity index (χ2n) is 8.18. The van der Waals surface area contributed by atoms with Crippen LogP contribution in [0.2, 0.25) is 0 Å². The van der Waals surface area contributed by atoms with E-state index in [2.05, 4.69) is 29.2 Å². The summed E-state index contributed by atoms with van der Waals surface area (Å²) in [5.41, 5.74) is 4.71. The standard InChI is InChI=1S/C24H27N3O2/c1-16-13-20-21(14-17(16)2)26(3)23(28)22(25-20)24(29)27-11-9-19(10-12-27)15-18-7-5-4-6-8-18/h4-8,13-14,19H,9-12,15H2,1-3H3. The van der Waals surface area contributed by atoms with Gasteiger partial charge < -0.3 is 9.47 Å². The lowest BCUT2D eigenvalue weighted by atomic mass is 9.90. The number of hydrogen-bond donors (Lipinski definition) is 0. The fourth-order valence-electron chi connectivity index (χ4n) is 4.16. The molecule has 0 spiro atoms. The number of aryl methyl sites for hydroxylation is 3. The van der Waals surface area contributed by atoms with Crippen molar-refractivity contribution in [1.29, 1.82) is 0 Å². The lowest BCUT2D eigenvalue weighted by Crippen LogP contribution is -2.42. The van der Waals surface area contributed by atoms with Crippen LogP contribution in [0.1, 0.15) is 40.0 Å². The molecule has 0 bridgehead atoms. The van der Waals surface area contributed by atoms with Gasteiger partial charge in [-0.15, -0.1) is 0 Å². The molecule has 1 fully saturated rings. The number of aromatic nitrogens is 2. The van der Waals surface area contributed by atoms with Gasteiger partial charge in [0.2, 0.25) is 0 Å². The van der Waals surface area contributed by atoms with Crippen molar-refractivity contribution in [2.24, 2.45) is 13.0 Å². The Balaban J connectivity index is 1.53. The largest absolute Gasteiger partial charge is 0.337 e. The van der Waals surface area contributed by atoms with Crippen LogP contribution in [0.4, 0.5) is 0 Å². The van der Waals surface area contributed by atoms with Crippen LogP contribution < -0.4 is 5.56 Å². The summed E-state index contributed by atoms with van der Waals surface area (Å²) in [5, 5.41) is 0. The van der Waals surface area contributed by atoms with Crippen LogP contribution in [0.5, 0.6) is 0 Å². The Morgan fingerprint density at radius 2 is 1.72 bits per heavy atom.